The van der Waals surface area contributed by atoms with E-state index >= 15 is 0 Å². The molecule has 0 aliphatic rings. The van der Waals surface area contributed by atoms with Crippen molar-refractivity contribution in [2.45, 2.75) is 12.6 Å². The number of nitrogens with zero attached hydrogens (tertiary/aromatic N) is 1. The largest absolute Gasteiger partial charge is 0.507 e. The van der Waals surface area contributed by atoms with Crippen LogP contribution in [0.25, 0.3) is 10.8 Å². The third-order valence-electron chi connectivity index (χ3n) is 5.70. The number of hydrogen-bond donors (Lipinski definition) is 2. The fourth-order valence-corrected chi connectivity index (χ4v) is 4.54. The van der Waals surface area contributed by atoms with Crippen LogP contribution in [0.15, 0.2) is 96.5 Å². The molecule has 0 saturated carbocycles. The lowest BCUT2D eigenvalue weighted by atomic mass is 9.94. The van der Waals surface area contributed by atoms with Gasteiger partial charge in [-0.3, -0.25) is 0 Å². The lowest BCUT2D eigenvalue weighted by Gasteiger charge is -2.22. The summed E-state index contributed by atoms with van der Waals surface area (Å²) in [6.07, 6.45) is 1.76. The quantitative estimate of drug-likeness (QED) is 0.262. The number of aromatic hydroxyl groups is 1. The van der Waals surface area contributed by atoms with Gasteiger partial charge in [0, 0.05) is 22.5 Å². The predicted octanol–water partition coefficient (Wildman–Crippen LogP) is 6.79. The van der Waals surface area contributed by atoms with Crippen LogP contribution in [-0.4, -0.2) is 17.2 Å². The van der Waals surface area contributed by atoms with Crippen molar-refractivity contribution in [2.75, 3.05) is 12.4 Å². The molecule has 5 nitrogen and oxygen atoms in total. The summed E-state index contributed by atoms with van der Waals surface area (Å²) in [6, 6.07) is 27.3. The number of phenolic OH excluding ortho intramolecular Hbond substituents is 1. The summed E-state index contributed by atoms with van der Waals surface area (Å²) >= 11 is 1.51. The molecular weight excluding hydrogens is 444 g/mol. The number of hydrogen-bond acceptors (Lipinski definition) is 6. The van der Waals surface area contributed by atoms with Crippen LogP contribution >= 0.6 is 11.3 Å². The molecular formula is C28H24N2O3S. The van der Waals surface area contributed by atoms with Gasteiger partial charge in [-0.2, -0.15) is 0 Å². The zero-order valence-corrected chi connectivity index (χ0v) is 19.5. The third kappa shape index (κ3) is 4.54. The van der Waals surface area contributed by atoms with Gasteiger partial charge < -0.3 is 19.9 Å². The summed E-state index contributed by atoms with van der Waals surface area (Å²) in [5, 5.41) is 19.1. The number of rotatable bonds is 8. The van der Waals surface area contributed by atoms with Crippen LogP contribution in [0.4, 0.5) is 5.13 Å². The Labute approximate surface area is 202 Å². The van der Waals surface area contributed by atoms with Crippen molar-refractivity contribution < 1.29 is 14.6 Å². The van der Waals surface area contributed by atoms with E-state index in [0.29, 0.717) is 18.1 Å². The molecule has 0 aliphatic carbocycles. The predicted molar refractivity (Wildman–Crippen MR) is 137 cm³/mol. The Morgan fingerprint density at radius 3 is 2.56 bits per heavy atom. The zero-order chi connectivity index (χ0) is 23.3. The molecule has 6 heteroatoms. The summed E-state index contributed by atoms with van der Waals surface area (Å²) in [5.74, 6) is 1.53. The number of thiazole rings is 1. The Morgan fingerprint density at radius 2 is 1.76 bits per heavy atom. The van der Waals surface area contributed by atoms with E-state index in [1.165, 1.54) is 11.3 Å². The summed E-state index contributed by atoms with van der Waals surface area (Å²) in [6.45, 7) is 0.447. The molecule has 0 saturated heterocycles. The van der Waals surface area contributed by atoms with E-state index in [1.807, 2.05) is 90.3 Å². The smallest absolute Gasteiger partial charge is 0.183 e. The fourth-order valence-electron chi connectivity index (χ4n) is 3.98. The summed E-state index contributed by atoms with van der Waals surface area (Å²) in [5.41, 5.74) is 2.76. The van der Waals surface area contributed by atoms with Crippen molar-refractivity contribution in [1.82, 2.24) is 4.98 Å². The van der Waals surface area contributed by atoms with E-state index in [-0.39, 0.29) is 11.8 Å². The number of nitrogens with one attached hydrogen (secondary N) is 1. The molecule has 1 heterocycles. The Morgan fingerprint density at radius 1 is 0.941 bits per heavy atom. The van der Waals surface area contributed by atoms with Crippen molar-refractivity contribution >= 4 is 27.2 Å². The van der Waals surface area contributed by atoms with Gasteiger partial charge in [-0.1, -0.05) is 72.8 Å². The molecule has 0 fully saturated rings. The highest BCUT2D eigenvalue weighted by Crippen LogP contribution is 2.40. The topological polar surface area (TPSA) is 63.6 Å². The molecule has 2 N–H and O–H groups in total. The first-order chi connectivity index (χ1) is 16.7. The highest BCUT2D eigenvalue weighted by atomic mass is 32.1. The van der Waals surface area contributed by atoms with Gasteiger partial charge in [0.15, 0.2) is 16.6 Å². The van der Waals surface area contributed by atoms with E-state index in [2.05, 4.69) is 10.3 Å². The van der Waals surface area contributed by atoms with Crippen molar-refractivity contribution in [3.8, 4) is 17.2 Å². The highest BCUT2D eigenvalue weighted by Gasteiger charge is 2.22. The Balaban J connectivity index is 1.52. The van der Waals surface area contributed by atoms with Crippen molar-refractivity contribution in [3.05, 3.63) is 113 Å². The molecule has 4 aromatic carbocycles. The van der Waals surface area contributed by atoms with Gasteiger partial charge >= 0.3 is 0 Å². The normalized spacial score (nSPS) is 11.8. The van der Waals surface area contributed by atoms with Crippen molar-refractivity contribution in [2.24, 2.45) is 0 Å². The summed E-state index contributed by atoms with van der Waals surface area (Å²) in [7, 11) is 1.63. The van der Waals surface area contributed by atoms with Gasteiger partial charge in [-0.05, 0) is 28.6 Å². The second-order valence-corrected chi connectivity index (χ2v) is 8.72. The van der Waals surface area contributed by atoms with Crippen LogP contribution in [0.3, 0.4) is 0 Å². The monoisotopic (exact) mass is 468 g/mol. The molecule has 1 aromatic heterocycles. The molecule has 170 valence electrons. The number of anilines is 1. The zero-order valence-electron chi connectivity index (χ0n) is 18.6. The number of fused-ring (bicyclic) bond motifs is 1. The Bertz CT molecular complexity index is 1390. The van der Waals surface area contributed by atoms with Gasteiger partial charge in [0.2, 0.25) is 0 Å². The standard InChI is InChI=1S/C28H24N2O3S/c1-32-25-17-21(12-14-24(25)33-18-19-7-3-2-4-8-19)26(30-28-29-15-16-34-28)23-13-11-20-9-5-6-10-22(20)27(23)31/h2-17,26,31H,18H2,1H3,(H,29,30)/t26-/m1/s1. The van der Waals surface area contributed by atoms with E-state index in [4.69, 9.17) is 9.47 Å². The van der Waals surface area contributed by atoms with E-state index < -0.39 is 0 Å². The minimum absolute atomic E-state index is 0.246. The van der Waals surface area contributed by atoms with Crippen LogP contribution in [0.1, 0.15) is 22.7 Å². The van der Waals surface area contributed by atoms with E-state index in [0.717, 1.165) is 32.6 Å². The summed E-state index contributed by atoms with van der Waals surface area (Å²) in [4.78, 5) is 4.39. The lowest BCUT2D eigenvalue weighted by molar-refractivity contribution is 0.284. The first kappa shape index (κ1) is 21.8. The first-order valence-electron chi connectivity index (χ1n) is 10.9. The average Bonchev–Trinajstić information content (AvgIpc) is 3.41. The number of methoxy groups -OCH3 is 1. The minimum Gasteiger partial charge on any atom is -0.507 e. The highest BCUT2D eigenvalue weighted by molar-refractivity contribution is 7.13. The SMILES string of the molecule is COc1cc([C@@H](Nc2nccs2)c2ccc3ccccc3c2O)ccc1OCc1ccccc1. The van der Waals surface area contributed by atoms with Gasteiger partial charge in [-0.25, -0.2) is 4.98 Å². The van der Waals surface area contributed by atoms with Gasteiger partial charge in [-0.15, -0.1) is 11.3 Å². The fraction of sp³-hybridized carbons (Fsp3) is 0.107. The molecule has 0 bridgehead atoms. The molecule has 1 atom stereocenters. The molecule has 0 aliphatic heterocycles. The van der Waals surface area contributed by atoms with Gasteiger partial charge in [0.05, 0.1) is 13.2 Å². The second-order valence-electron chi connectivity index (χ2n) is 7.82. The minimum atomic E-state index is -0.340. The first-order valence-corrected chi connectivity index (χ1v) is 11.8. The average molecular weight is 469 g/mol. The Kier molecular flexibility index (Phi) is 6.31. The second kappa shape index (κ2) is 9.85. The maximum Gasteiger partial charge on any atom is 0.183 e. The number of phenols is 1. The van der Waals surface area contributed by atoms with E-state index in [9.17, 15) is 5.11 Å². The number of ether oxygens (including phenoxy) is 2. The molecule has 0 spiro atoms. The molecule has 34 heavy (non-hydrogen) atoms. The van der Waals surface area contributed by atoms with Crippen LogP contribution in [0.5, 0.6) is 17.2 Å². The molecule has 5 aromatic rings. The van der Waals surface area contributed by atoms with Crippen LogP contribution in [-0.2, 0) is 6.61 Å². The molecule has 0 unspecified atom stereocenters. The van der Waals surface area contributed by atoms with Crippen LogP contribution in [0.2, 0.25) is 0 Å². The molecule has 0 amide bonds. The molecule has 5 rings (SSSR count). The third-order valence-corrected chi connectivity index (χ3v) is 6.41. The Hall–Kier alpha value is -4.03. The van der Waals surface area contributed by atoms with Crippen molar-refractivity contribution in [1.29, 1.82) is 0 Å². The number of benzene rings is 4. The van der Waals surface area contributed by atoms with Crippen molar-refractivity contribution in [3.63, 3.8) is 0 Å². The molecule has 0 radical (unpaired) electrons. The maximum atomic E-state index is 11.2. The van der Waals surface area contributed by atoms with Gasteiger partial charge in [0.25, 0.3) is 0 Å². The summed E-state index contributed by atoms with van der Waals surface area (Å²) < 4.78 is 11.7. The number of aromatic nitrogens is 1. The van der Waals surface area contributed by atoms with Crippen LogP contribution < -0.4 is 14.8 Å². The van der Waals surface area contributed by atoms with E-state index in [1.54, 1.807) is 13.3 Å². The lowest BCUT2D eigenvalue weighted by Crippen LogP contribution is -2.13. The maximum absolute atomic E-state index is 11.2. The van der Waals surface area contributed by atoms with Crippen LogP contribution in [0, 0.1) is 0 Å². The van der Waals surface area contributed by atoms with Gasteiger partial charge in [0.1, 0.15) is 12.4 Å².